The molecule has 15 heavy (non-hydrogen) atoms. The van der Waals surface area contributed by atoms with Crippen molar-refractivity contribution in [2.75, 3.05) is 0 Å². The van der Waals surface area contributed by atoms with Gasteiger partial charge >= 0.3 is 0 Å². The summed E-state index contributed by atoms with van der Waals surface area (Å²) in [5.74, 6) is 0. The van der Waals surface area contributed by atoms with Crippen molar-refractivity contribution in [3.05, 3.63) is 14.6 Å². The zero-order chi connectivity index (χ0) is 10.7. The molecule has 1 aromatic rings. The van der Waals surface area contributed by atoms with Crippen molar-refractivity contribution in [3.63, 3.8) is 0 Å². The van der Waals surface area contributed by atoms with E-state index in [2.05, 4.69) is 20.4 Å². The maximum Gasteiger partial charge on any atom is 0.147 e. The molecule has 0 bridgehead atoms. The minimum absolute atomic E-state index is 0.395. The summed E-state index contributed by atoms with van der Waals surface area (Å²) in [6.07, 6.45) is 6.17. The molecule has 1 aliphatic rings. The Morgan fingerprint density at radius 1 is 1.00 bits per heavy atom. The van der Waals surface area contributed by atoms with Crippen molar-refractivity contribution in [2.45, 2.75) is 38.1 Å². The summed E-state index contributed by atoms with van der Waals surface area (Å²) < 4.78 is 1.17. The Hall–Kier alpha value is -0.750. The Kier molecular flexibility index (Phi) is 3.48. The summed E-state index contributed by atoms with van der Waals surface area (Å²) in [5, 5.41) is 9.02. The molecule has 2 rings (SSSR count). The lowest BCUT2D eigenvalue weighted by Crippen LogP contribution is -2.18. The van der Waals surface area contributed by atoms with Gasteiger partial charge in [-0.2, -0.15) is 0 Å². The summed E-state index contributed by atoms with van der Waals surface area (Å²) in [7, 11) is 0. The molecule has 3 N–H and O–H groups in total. The molecule has 0 radical (unpaired) electrons. The number of nitrogens with one attached hydrogen (secondary N) is 3. The molecule has 1 heterocycles. The van der Waals surface area contributed by atoms with Crippen LogP contribution in [-0.2, 0) is 0 Å². The van der Waals surface area contributed by atoms with E-state index in [4.69, 9.17) is 24.4 Å². The van der Waals surface area contributed by atoms with E-state index in [9.17, 15) is 0 Å². The van der Waals surface area contributed by atoms with Gasteiger partial charge in [0, 0.05) is 0 Å². The molecule has 0 atom stereocenters. The van der Waals surface area contributed by atoms with Crippen LogP contribution in [0.2, 0.25) is 0 Å². The number of hydrogen-bond acceptors (Lipinski definition) is 3. The molecule has 6 heteroatoms. The highest BCUT2D eigenvalue weighted by Crippen LogP contribution is 2.19. The predicted molar refractivity (Wildman–Crippen MR) is 63.6 cm³/mol. The van der Waals surface area contributed by atoms with Crippen molar-refractivity contribution >= 4 is 24.4 Å². The molecule has 1 fully saturated rings. The summed E-state index contributed by atoms with van der Waals surface area (Å²) >= 11 is 10.3. The van der Waals surface area contributed by atoms with Gasteiger partial charge in [0.1, 0.15) is 14.6 Å². The average molecular weight is 242 g/mol. The number of hydrogen-bond donors (Lipinski definition) is 3. The first kappa shape index (κ1) is 10.8. The second-order valence-corrected chi connectivity index (χ2v) is 4.62. The lowest BCUT2D eigenvalue weighted by Gasteiger charge is -2.16. The molecule has 82 valence electrons. The van der Waals surface area contributed by atoms with Gasteiger partial charge in [0.25, 0.3) is 0 Å². The van der Waals surface area contributed by atoms with Gasteiger partial charge in [-0.1, -0.05) is 43.7 Å². The number of H-pyrrole nitrogens is 3. The van der Waals surface area contributed by atoms with E-state index in [1.54, 1.807) is 0 Å². The molecule has 0 spiro atoms. The second kappa shape index (κ2) is 4.85. The van der Waals surface area contributed by atoms with Gasteiger partial charge < -0.3 is 0 Å². The fraction of sp³-hybridized carbons (Fsp3) is 0.667. The zero-order valence-electron chi connectivity index (χ0n) is 8.38. The molecule has 0 saturated heterocycles. The molecular weight excluding hydrogens is 228 g/mol. The van der Waals surface area contributed by atoms with Crippen LogP contribution in [0.15, 0.2) is 4.99 Å². The summed E-state index contributed by atoms with van der Waals surface area (Å²) in [6, 6.07) is 0.395. The van der Waals surface area contributed by atoms with Gasteiger partial charge in [0.15, 0.2) is 0 Å². The van der Waals surface area contributed by atoms with Crippen molar-refractivity contribution < 1.29 is 0 Å². The first-order valence-electron chi connectivity index (χ1n) is 5.21. The van der Waals surface area contributed by atoms with Gasteiger partial charge in [-0.25, -0.2) is 5.21 Å². The zero-order valence-corrected chi connectivity index (χ0v) is 10.0. The van der Waals surface area contributed by atoms with Crippen LogP contribution in [0.4, 0.5) is 0 Å². The van der Waals surface area contributed by atoms with Gasteiger partial charge in [-0.05, 0) is 12.8 Å². The number of aromatic nitrogens is 3. The summed E-state index contributed by atoms with van der Waals surface area (Å²) in [4.78, 5) is 4.63. The van der Waals surface area contributed by atoms with E-state index in [1.165, 1.54) is 19.3 Å². The Morgan fingerprint density at radius 3 is 2.20 bits per heavy atom. The molecule has 1 aliphatic carbocycles. The highest BCUT2D eigenvalue weighted by atomic mass is 32.1. The molecule has 4 nitrogen and oxygen atoms in total. The van der Waals surface area contributed by atoms with Crippen LogP contribution in [0.1, 0.15) is 32.1 Å². The van der Waals surface area contributed by atoms with Crippen molar-refractivity contribution in [1.82, 2.24) is 15.4 Å². The number of nitrogens with zero attached hydrogens (tertiary/aromatic N) is 1. The lowest BCUT2D eigenvalue weighted by atomic mass is 9.96. The van der Waals surface area contributed by atoms with E-state index in [0.29, 0.717) is 15.3 Å². The maximum absolute atomic E-state index is 5.14. The minimum Gasteiger partial charge on any atom is -0.276 e. The Labute approximate surface area is 97.8 Å². The van der Waals surface area contributed by atoms with E-state index < -0.39 is 0 Å². The number of aromatic amines is 3. The normalized spacial score (nSPS) is 17.6. The van der Waals surface area contributed by atoms with E-state index in [1.807, 2.05) is 0 Å². The fourth-order valence-corrected chi connectivity index (χ4v) is 2.35. The summed E-state index contributed by atoms with van der Waals surface area (Å²) in [5.41, 5.74) is 0. The third-order valence-electron chi connectivity index (χ3n) is 2.67. The monoisotopic (exact) mass is 242 g/mol. The minimum atomic E-state index is 0.395. The standard InChI is InChI=1S/C9H14N4S2/c14-8-7(9(15)12-13-11-8)10-6-4-2-1-3-5-6/h6H,1-5H2,(H,10,13)(H2,11,12,14,15). The topological polar surface area (TPSA) is 59.7 Å². The molecule has 0 aromatic carbocycles. The van der Waals surface area contributed by atoms with Crippen LogP contribution in [0.5, 0.6) is 0 Å². The quantitative estimate of drug-likeness (QED) is 0.662. The molecule has 0 unspecified atom stereocenters. The molecular formula is C9H14N4S2. The second-order valence-electron chi connectivity index (χ2n) is 3.80. The van der Waals surface area contributed by atoms with Gasteiger partial charge in [-0.3, -0.25) is 15.2 Å². The van der Waals surface area contributed by atoms with Gasteiger partial charge in [0.2, 0.25) is 0 Å². The Bertz CT molecular complexity index is 458. The third-order valence-corrected chi connectivity index (χ3v) is 3.26. The molecule has 1 aromatic heterocycles. The highest BCUT2D eigenvalue weighted by Gasteiger charge is 2.11. The molecule has 0 amide bonds. The van der Waals surface area contributed by atoms with Gasteiger partial charge in [-0.15, -0.1) is 0 Å². The Morgan fingerprint density at radius 2 is 1.60 bits per heavy atom. The third kappa shape index (κ3) is 2.63. The summed E-state index contributed by atoms with van der Waals surface area (Å²) in [6.45, 7) is 0. The van der Waals surface area contributed by atoms with Crippen molar-refractivity contribution in [2.24, 2.45) is 4.99 Å². The molecule has 0 aliphatic heterocycles. The average Bonchev–Trinajstić information content (AvgIpc) is 2.25. The van der Waals surface area contributed by atoms with Crippen LogP contribution in [0, 0.1) is 9.28 Å². The lowest BCUT2D eigenvalue weighted by molar-refractivity contribution is 0.436. The predicted octanol–water partition coefficient (Wildman–Crippen LogP) is 2.36. The van der Waals surface area contributed by atoms with Crippen LogP contribution >= 0.6 is 24.4 Å². The van der Waals surface area contributed by atoms with Crippen LogP contribution in [-0.4, -0.2) is 21.5 Å². The number of rotatable bonds is 1. The van der Waals surface area contributed by atoms with Crippen LogP contribution in [0.25, 0.3) is 0 Å². The highest BCUT2D eigenvalue weighted by molar-refractivity contribution is 7.72. The van der Waals surface area contributed by atoms with Crippen molar-refractivity contribution in [1.29, 1.82) is 0 Å². The largest absolute Gasteiger partial charge is 0.276 e. The first-order chi connectivity index (χ1) is 7.27. The van der Waals surface area contributed by atoms with E-state index in [-0.39, 0.29) is 0 Å². The van der Waals surface area contributed by atoms with Crippen molar-refractivity contribution in [3.8, 4) is 0 Å². The van der Waals surface area contributed by atoms with E-state index >= 15 is 0 Å². The first-order valence-corrected chi connectivity index (χ1v) is 6.02. The van der Waals surface area contributed by atoms with Crippen LogP contribution in [0.3, 0.4) is 0 Å². The fourth-order valence-electron chi connectivity index (χ4n) is 1.88. The van der Waals surface area contributed by atoms with Gasteiger partial charge in [0.05, 0.1) is 6.04 Å². The maximum atomic E-state index is 5.14. The molecule has 1 saturated carbocycles. The smallest absolute Gasteiger partial charge is 0.147 e. The SMILES string of the molecule is S=c1[nH][nH][nH]c(=S)c1=NC1CCCCC1. The van der Waals surface area contributed by atoms with Crippen LogP contribution < -0.4 is 5.36 Å². The van der Waals surface area contributed by atoms with E-state index in [0.717, 1.165) is 18.2 Å². The Balaban J connectivity index is 2.39.